The van der Waals surface area contributed by atoms with Gasteiger partial charge in [0.1, 0.15) is 12.2 Å². The third kappa shape index (κ3) is 2.41. The Morgan fingerprint density at radius 2 is 2.28 bits per heavy atom. The maximum atomic E-state index is 5.65. The van der Waals surface area contributed by atoms with Crippen molar-refractivity contribution in [1.29, 1.82) is 0 Å². The van der Waals surface area contributed by atoms with Crippen LogP contribution in [0.4, 0.5) is 0 Å². The summed E-state index contributed by atoms with van der Waals surface area (Å²) in [5, 5.41) is 8.49. The molecule has 0 bridgehead atoms. The molecule has 0 spiro atoms. The second-order valence-corrected chi connectivity index (χ2v) is 4.26. The number of nitrogens with two attached hydrogens (primary N) is 1. The molecule has 7 nitrogen and oxygen atoms in total. The van der Waals surface area contributed by atoms with E-state index in [1.165, 1.54) is 0 Å². The van der Waals surface area contributed by atoms with Gasteiger partial charge in [0.2, 0.25) is 0 Å². The van der Waals surface area contributed by atoms with E-state index in [0.717, 1.165) is 23.6 Å². The Hall–Kier alpha value is -1.73. The maximum absolute atomic E-state index is 5.65. The molecule has 3 N–H and O–H groups in total. The maximum Gasteiger partial charge on any atom is 0.138 e. The fourth-order valence-corrected chi connectivity index (χ4v) is 2.11. The summed E-state index contributed by atoms with van der Waals surface area (Å²) in [6, 6.07) is -0.00630. The Bertz CT molecular complexity index is 513. The van der Waals surface area contributed by atoms with Crippen LogP contribution in [-0.2, 0) is 20.0 Å². The minimum absolute atomic E-state index is 0.00630. The van der Waals surface area contributed by atoms with Crippen LogP contribution in [0.1, 0.15) is 30.0 Å². The van der Waals surface area contributed by atoms with Gasteiger partial charge in [-0.2, -0.15) is 10.2 Å². The average molecular weight is 249 g/mol. The molecule has 0 saturated carbocycles. The third-order valence-electron chi connectivity index (χ3n) is 3.01. The lowest BCUT2D eigenvalue weighted by atomic mass is 10.1. The van der Waals surface area contributed by atoms with Crippen molar-refractivity contribution in [2.24, 2.45) is 12.9 Å². The zero-order chi connectivity index (χ0) is 13.1. The van der Waals surface area contributed by atoms with Crippen LogP contribution < -0.4 is 11.3 Å². The van der Waals surface area contributed by atoms with Crippen LogP contribution in [0.2, 0.25) is 0 Å². The molecule has 0 saturated heterocycles. The summed E-state index contributed by atoms with van der Waals surface area (Å²) < 4.78 is 3.66. The van der Waals surface area contributed by atoms with Crippen molar-refractivity contribution in [1.82, 2.24) is 30.0 Å². The topological polar surface area (TPSA) is 86.6 Å². The summed E-state index contributed by atoms with van der Waals surface area (Å²) in [5.74, 6) is 6.57. The standard InChI is InChI=1S/C11H19N7/c1-4-18-11(13-7-14-18)5-10(15-12)9-6-17(3)16-8(9)2/h6-7,10,15H,4-5,12H2,1-3H3. The van der Waals surface area contributed by atoms with Gasteiger partial charge in [-0.05, 0) is 13.8 Å². The van der Waals surface area contributed by atoms with E-state index in [0.29, 0.717) is 6.42 Å². The second-order valence-electron chi connectivity index (χ2n) is 4.26. The lowest BCUT2D eigenvalue weighted by Gasteiger charge is -2.14. The van der Waals surface area contributed by atoms with Crippen molar-refractivity contribution >= 4 is 0 Å². The molecule has 2 aromatic rings. The molecule has 0 aliphatic carbocycles. The lowest BCUT2D eigenvalue weighted by molar-refractivity contribution is 0.508. The molecule has 2 heterocycles. The number of hydrogen-bond acceptors (Lipinski definition) is 5. The average Bonchev–Trinajstić information content (AvgIpc) is 2.92. The van der Waals surface area contributed by atoms with E-state index in [1.54, 1.807) is 11.0 Å². The molecule has 18 heavy (non-hydrogen) atoms. The molecular weight excluding hydrogens is 230 g/mol. The smallest absolute Gasteiger partial charge is 0.138 e. The highest BCUT2D eigenvalue weighted by Gasteiger charge is 2.18. The predicted molar refractivity (Wildman–Crippen MR) is 67.4 cm³/mol. The summed E-state index contributed by atoms with van der Waals surface area (Å²) in [6.07, 6.45) is 4.24. The van der Waals surface area contributed by atoms with E-state index >= 15 is 0 Å². The van der Waals surface area contributed by atoms with Crippen LogP contribution in [0.3, 0.4) is 0 Å². The number of nitrogens with zero attached hydrogens (tertiary/aromatic N) is 5. The first kappa shape index (κ1) is 12.7. The van der Waals surface area contributed by atoms with Crippen LogP contribution in [0.25, 0.3) is 0 Å². The Morgan fingerprint density at radius 3 is 2.83 bits per heavy atom. The van der Waals surface area contributed by atoms with E-state index in [-0.39, 0.29) is 6.04 Å². The Kier molecular flexibility index (Phi) is 3.73. The molecule has 2 rings (SSSR count). The van der Waals surface area contributed by atoms with E-state index in [1.807, 2.05) is 31.8 Å². The van der Waals surface area contributed by atoms with Gasteiger partial charge in [-0.15, -0.1) is 0 Å². The summed E-state index contributed by atoms with van der Waals surface area (Å²) >= 11 is 0. The van der Waals surface area contributed by atoms with Gasteiger partial charge in [0, 0.05) is 31.8 Å². The van der Waals surface area contributed by atoms with Crippen molar-refractivity contribution in [3.05, 3.63) is 29.6 Å². The van der Waals surface area contributed by atoms with Gasteiger partial charge < -0.3 is 0 Å². The normalized spacial score (nSPS) is 12.9. The number of hydrogen-bond donors (Lipinski definition) is 2. The molecule has 2 aromatic heterocycles. The number of aryl methyl sites for hydroxylation is 3. The first-order chi connectivity index (χ1) is 8.65. The Labute approximate surface area is 106 Å². The zero-order valence-corrected chi connectivity index (χ0v) is 11.0. The molecule has 1 unspecified atom stereocenters. The van der Waals surface area contributed by atoms with Gasteiger partial charge in [0.15, 0.2) is 0 Å². The van der Waals surface area contributed by atoms with E-state index in [4.69, 9.17) is 5.84 Å². The SMILES string of the molecule is CCn1ncnc1CC(NN)c1cn(C)nc1C. The molecule has 1 atom stereocenters. The van der Waals surface area contributed by atoms with E-state index in [2.05, 4.69) is 20.6 Å². The predicted octanol–water partition coefficient (Wildman–Crippen LogP) is 0.0870. The monoisotopic (exact) mass is 249 g/mol. The van der Waals surface area contributed by atoms with Crippen molar-refractivity contribution in [2.45, 2.75) is 32.9 Å². The van der Waals surface area contributed by atoms with Gasteiger partial charge >= 0.3 is 0 Å². The van der Waals surface area contributed by atoms with Gasteiger partial charge in [-0.3, -0.25) is 20.6 Å². The largest absolute Gasteiger partial charge is 0.275 e. The molecule has 0 fully saturated rings. The summed E-state index contributed by atoms with van der Waals surface area (Å²) in [7, 11) is 1.90. The van der Waals surface area contributed by atoms with Gasteiger partial charge in [-0.25, -0.2) is 4.98 Å². The number of hydrazine groups is 1. The first-order valence-corrected chi connectivity index (χ1v) is 5.98. The molecular formula is C11H19N7. The van der Waals surface area contributed by atoms with E-state index < -0.39 is 0 Å². The number of aromatic nitrogens is 5. The van der Waals surface area contributed by atoms with Crippen LogP contribution in [0, 0.1) is 6.92 Å². The van der Waals surface area contributed by atoms with Gasteiger partial charge in [-0.1, -0.05) is 0 Å². The quantitative estimate of drug-likeness (QED) is 0.579. The Morgan fingerprint density at radius 1 is 1.50 bits per heavy atom. The molecule has 98 valence electrons. The van der Waals surface area contributed by atoms with Crippen molar-refractivity contribution < 1.29 is 0 Å². The van der Waals surface area contributed by atoms with Crippen LogP contribution in [0.15, 0.2) is 12.5 Å². The summed E-state index contributed by atoms with van der Waals surface area (Å²) in [4.78, 5) is 4.27. The Balaban J connectivity index is 2.22. The van der Waals surface area contributed by atoms with Gasteiger partial charge in [0.25, 0.3) is 0 Å². The fraction of sp³-hybridized carbons (Fsp3) is 0.545. The number of rotatable bonds is 5. The fourth-order valence-electron chi connectivity index (χ4n) is 2.11. The van der Waals surface area contributed by atoms with Crippen LogP contribution >= 0.6 is 0 Å². The van der Waals surface area contributed by atoms with Crippen LogP contribution in [0.5, 0.6) is 0 Å². The molecule has 0 radical (unpaired) electrons. The summed E-state index contributed by atoms with van der Waals surface area (Å²) in [5.41, 5.74) is 4.89. The highest BCUT2D eigenvalue weighted by molar-refractivity contribution is 5.21. The molecule has 0 aliphatic heterocycles. The van der Waals surface area contributed by atoms with E-state index in [9.17, 15) is 0 Å². The first-order valence-electron chi connectivity index (χ1n) is 5.98. The molecule has 0 aromatic carbocycles. The second kappa shape index (κ2) is 5.28. The van der Waals surface area contributed by atoms with Crippen LogP contribution in [-0.4, -0.2) is 24.5 Å². The van der Waals surface area contributed by atoms with Crippen molar-refractivity contribution in [3.63, 3.8) is 0 Å². The third-order valence-corrected chi connectivity index (χ3v) is 3.01. The van der Waals surface area contributed by atoms with Crippen molar-refractivity contribution in [3.8, 4) is 0 Å². The van der Waals surface area contributed by atoms with Crippen molar-refractivity contribution in [2.75, 3.05) is 0 Å². The highest BCUT2D eigenvalue weighted by Crippen LogP contribution is 2.19. The lowest BCUT2D eigenvalue weighted by Crippen LogP contribution is -2.30. The van der Waals surface area contributed by atoms with Gasteiger partial charge in [0.05, 0.1) is 11.7 Å². The molecule has 0 aliphatic rings. The highest BCUT2D eigenvalue weighted by atomic mass is 15.3. The zero-order valence-electron chi connectivity index (χ0n) is 11.0. The summed E-state index contributed by atoms with van der Waals surface area (Å²) in [6.45, 7) is 4.82. The molecule has 7 heteroatoms. The minimum atomic E-state index is -0.00630. The molecule has 0 amide bonds. The minimum Gasteiger partial charge on any atom is -0.275 e. The number of nitrogens with one attached hydrogen (secondary N) is 1.